The molecule has 3 amide bonds. The maximum Gasteiger partial charge on any atom is 0.330 e. The van der Waals surface area contributed by atoms with Crippen LogP contribution in [0, 0.1) is 5.92 Å². The Morgan fingerprint density at radius 3 is 2.54 bits per heavy atom. The Morgan fingerprint density at radius 1 is 1.04 bits per heavy atom. The number of carboxylic acid groups (broad SMARTS) is 1. The van der Waals surface area contributed by atoms with Crippen LogP contribution in [0.2, 0.25) is 0 Å². The Labute approximate surface area is 319 Å². The van der Waals surface area contributed by atoms with Crippen LogP contribution in [-0.2, 0) is 16.1 Å². The third-order valence-corrected chi connectivity index (χ3v) is 11.5. The van der Waals surface area contributed by atoms with Crippen molar-refractivity contribution in [3.63, 3.8) is 0 Å². The first-order chi connectivity index (χ1) is 26.1. The summed E-state index contributed by atoms with van der Waals surface area (Å²) in [5, 5.41) is 16.7. The molecule has 3 aliphatic rings. The van der Waals surface area contributed by atoms with Gasteiger partial charge in [-0.15, -0.1) is 11.3 Å². The molecule has 2 N–H and O–H groups in total. The van der Waals surface area contributed by atoms with E-state index < -0.39 is 29.6 Å². The number of nitrogens with one attached hydrogen (secondary N) is 1. The summed E-state index contributed by atoms with van der Waals surface area (Å²) in [7, 11) is 3.21. The first kappa shape index (κ1) is 37.2. The van der Waals surface area contributed by atoms with Crippen molar-refractivity contribution < 1.29 is 33.7 Å². The quantitative estimate of drug-likeness (QED) is 0.172. The maximum absolute atomic E-state index is 14.7. The number of amides is 3. The monoisotopic (exact) mass is 753 g/mol. The summed E-state index contributed by atoms with van der Waals surface area (Å²) >= 11 is 1.51. The Hall–Kier alpha value is -5.17. The van der Waals surface area contributed by atoms with Crippen molar-refractivity contribution in [2.75, 3.05) is 27.3 Å². The number of urea groups is 1. The number of pyridine rings is 1. The molecule has 2 fully saturated rings. The van der Waals surface area contributed by atoms with Gasteiger partial charge in [0.15, 0.2) is 0 Å². The van der Waals surface area contributed by atoms with Gasteiger partial charge in [-0.3, -0.25) is 4.79 Å². The minimum Gasteiger partial charge on any atom is -0.497 e. The van der Waals surface area contributed by atoms with E-state index >= 15 is 0 Å². The van der Waals surface area contributed by atoms with Gasteiger partial charge in [0.05, 0.1) is 32.0 Å². The average Bonchev–Trinajstić information content (AvgIpc) is 3.46. The highest BCUT2D eigenvalue weighted by molar-refractivity contribution is 7.13. The maximum atomic E-state index is 14.7. The molecule has 1 saturated carbocycles. The third kappa shape index (κ3) is 7.73. The minimum absolute atomic E-state index is 0.128. The number of fused-ring (bicyclic) bond motifs is 3. The van der Waals surface area contributed by atoms with Crippen molar-refractivity contribution in [1.82, 2.24) is 25.1 Å². The number of ether oxygens (including phenoxy) is 3. The molecule has 0 bridgehead atoms. The summed E-state index contributed by atoms with van der Waals surface area (Å²) < 4.78 is 17.6. The van der Waals surface area contributed by atoms with E-state index in [0.29, 0.717) is 42.2 Å². The van der Waals surface area contributed by atoms with Crippen LogP contribution in [0.15, 0.2) is 66.1 Å². The number of aliphatic carboxylic acids is 1. The summed E-state index contributed by atoms with van der Waals surface area (Å²) in [4.78, 5) is 54.6. The average molecular weight is 754 g/mol. The summed E-state index contributed by atoms with van der Waals surface area (Å²) in [6.07, 6.45) is 7.24. The lowest BCUT2D eigenvalue weighted by atomic mass is 10.1. The van der Waals surface area contributed by atoms with Gasteiger partial charge in [0, 0.05) is 48.3 Å². The lowest BCUT2D eigenvalue weighted by molar-refractivity contribution is -0.144. The molecule has 54 heavy (non-hydrogen) atoms. The molecule has 7 rings (SSSR count). The third-order valence-electron chi connectivity index (χ3n) is 10.6. The van der Waals surface area contributed by atoms with E-state index in [1.165, 1.54) is 11.3 Å². The fraction of sp³-hybridized carbons (Fsp3) is 0.439. The molecule has 13 heteroatoms. The number of benzene rings is 2. The number of methoxy groups -OCH3 is 2. The first-order valence-corrected chi connectivity index (χ1v) is 19.5. The first-order valence-electron chi connectivity index (χ1n) is 18.6. The molecule has 4 aromatic rings. The van der Waals surface area contributed by atoms with E-state index in [1.54, 1.807) is 24.0 Å². The molecular weight excluding hydrogens is 707 g/mol. The van der Waals surface area contributed by atoms with Crippen LogP contribution in [0.4, 0.5) is 4.79 Å². The zero-order valence-electron chi connectivity index (χ0n) is 31.1. The van der Waals surface area contributed by atoms with Gasteiger partial charge in [-0.05, 0) is 61.4 Å². The molecule has 12 nitrogen and oxygen atoms in total. The van der Waals surface area contributed by atoms with Gasteiger partial charge >= 0.3 is 12.0 Å². The number of carboxylic acids is 1. The summed E-state index contributed by atoms with van der Waals surface area (Å²) in [6.45, 7) is 5.16. The van der Waals surface area contributed by atoms with Crippen LogP contribution in [-0.4, -0.2) is 87.8 Å². The van der Waals surface area contributed by atoms with Crippen LogP contribution in [0.25, 0.3) is 21.6 Å². The topological polar surface area (TPSA) is 143 Å². The predicted molar refractivity (Wildman–Crippen MR) is 206 cm³/mol. The van der Waals surface area contributed by atoms with Crippen LogP contribution in [0.5, 0.6) is 17.2 Å². The number of thiazole rings is 1. The van der Waals surface area contributed by atoms with Crippen molar-refractivity contribution in [1.29, 1.82) is 0 Å². The fourth-order valence-electron chi connectivity index (χ4n) is 7.35. The fourth-order valence-corrected chi connectivity index (χ4v) is 8.29. The summed E-state index contributed by atoms with van der Waals surface area (Å²) in [5.74, 6) is 0.280. The minimum atomic E-state index is -1.40. The van der Waals surface area contributed by atoms with Crippen LogP contribution >= 0.6 is 11.3 Å². The van der Waals surface area contributed by atoms with Crippen LogP contribution < -0.4 is 19.5 Å². The molecule has 0 spiro atoms. The zero-order chi connectivity index (χ0) is 38.0. The number of hydrogen-bond donors (Lipinski definition) is 2. The van der Waals surface area contributed by atoms with Crippen molar-refractivity contribution in [2.45, 2.75) is 82.5 Å². The number of rotatable bonds is 9. The molecule has 284 valence electrons. The van der Waals surface area contributed by atoms with Gasteiger partial charge in [-0.1, -0.05) is 44.6 Å². The zero-order valence-corrected chi connectivity index (χ0v) is 31.9. The number of nitrogens with zero attached hydrogens (tertiary/aromatic N) is 4. The van der Waals surface area contributed by atoms with E-state index in [1.807, 2.05) is 66.1 Å². The molecule has 2 aromatic heterocycles. The van der Waals surface area contributed by atoms with Crippen molar-refractivity contribution in [3.05, 3.63) is 77.3 Å². The van der Waals surface area contributed by atoms with Crippen molar-refractivity contribution in [2.24, 2.45) is 5.92 Å². The largest absolute Gasteiger partial charge is 0.497 e. The van der Waals surface area contributed by atoms with Gasteiger partial charge in [0.2, 0.25) is 5.91 Å². The van der Waals surface area contributed by atoms with Crippen LogP contribution in [0.1, 0.15) is 69.5 Å². The second-order valence-electron chi connectivity index (χ2n) is 14.7. The van der Waals surface area contributed by atoms with Crippen molar-refractivity contribution in [3.8, 4) is 28.0 Å². The van der Waals surface area contributed by atoms with Gasteiger partial charge in [0.25, 0.3) is 0 Å². The lowest BCUT2D eigenvalue weighted by Gasteiger charge is -2.32. The highest BCUT2D eigenvalue weighted by Crippen LogP contribution is 2.45. The van der Waals surface area contributed by atoms with Gasteiger partial charge in [0.1, 0.15) is 45.6 Å². The number of aromatic nitrogens is 2. The summed E-state index contributed by atoms with van der Waals surface area (Å²) in [6, 6.07) is 13.8. The molecule has 2 aromatic carbocycles. The molecule has 0 radical (unpaired) electrons. The number of allylic oxidation sites excluding steroid dienone is 1. The molecule has 2 aliphatic heterocycles. The predicted octanol–water partition coefficient (Wildman–Crippen LogP) is 7.03. The molecule has 4 atom stereocenters. The second kappa shape index (κ2) is 15.7. The van der Waals surface area contributed by atoms with Gasteiger partial charge in [-0.25, -0.2) is 19.6 Å². The number of hydrogen-bond acceptors (Lipinski definition) is 9. The standard InChI is InChI=1S/C41H47N5O7S/c1-25(2)34-24-54-38(43-34)33-20-36(31-16-15-29(52-4)18-32(31)42-33)53-30-19-35-37(47)44-41(39(48)49)21-27(41)10-8-6-5-7-9-17-45(40(50)46(35)23-30)22-26-11-13-28(51-3)14-12-26/h8,10-16,18,20,24-25,27,30,35H,5-7,9,17,19,21-23H2,1-4H3,(H,44,47)(H,48,49)/b10-8-/t27-,30-,35+,41-/m1/s1. The molecular formula is C41H47N5O7S. The Morgan fingerprint density at radius 2 is 1.81 bits per heavy atom. The lowest BCUT2D eigenvalue weighted by Crippen LogP contribution is -2.55. The van der Waals surface area contributed by atoms with E-state index in [2.05, 4.69) is 19.2 Å². The highest BCUT2D eigenvalue weighted by Gasteiger charge is 2.61. The number of carbonyl (C=O) groups is 3. The Bertz CT molecular complexity index is 2050. The smallest absolute Gasteiger partial charge is 0.330 e. The van der Waals surface area contributed by atoms with Gasteiger partial charge < -0.3 is 34.4 Å². The Kier molecular flexibility index (Phi) is 10.8. The van der Waals surface area contributed by atoms with E-state index in [-0.39, 0.29) is 30.8 Å². The molecule has 1 saturated heterocycles. The second-order valence-corrected chi connectivity index (χ2v) is 15.5. The number of carbonyl (C=O) groups excluding carboxylic acids is 2. The SMILES string of the molecule is COc1ccc(CN2CCCCC/C=C\[C@@H]3C[C@@]3(C(=O)O)NC(=O)[C@@H]3C[C@@H](Oc4cc(-c5nc(C(C)C)cs5)nc5cc(OC)ccc45)CN3C2=O)cc1. The van der Waals surface area contributed by atoms with Crippen LogP contribution in [0.3, 0.4) is 0 Å². The van der Waals surface area contributed by atoms with E-state index in [0.717, 1.165) is 53.1 Å². The summed E-state index contributed by atoms with van der Waals surface area (Å²) in [5.41, 5.74) is 1.80. The van der Waals surface area contributed by atoms with Crippen molar-refractivity contribution >= 4 is 40.1 Å². The van der Waals surface area contributed by atoms with E-state index in [4.69, 9.17) is 24.2 Å². The Balaban J connectivity index is 1.23. The molecule has 4 heterocycles. The highest BCUT2D eigenvalue weighted by atomic mass is 32.1. The molecule has 1 aliphatic carbocycles. The van der Waals surface area contributed by atoms with Gasteiger partial charge in [-0.2, -0.15) is 0 Å². The normalized spacial score (nSPS) is 23.9. The van der Waals surface area contributed by atoms with E-state index in [9.17, 15) is 19.5 Å². The molecule has 0 unspecified atom stereocenters.